The van der Waals surface area contributed by atoms with Crippen LogP contribution < -0.4 is 5.73 Å². The first kappa shape index (κ1) is 16.3. The first-order valence-electron chi connectivity index (χ1n) is 7.49. The predicted molar refractivity (Wildman–Crippen MR) is 73.6 cm³/mol. The summed E-state index contributed by atoms with van der Waals surface area (Å²) in [6.07, 6.45) is -2.15. The van der Waals surface area contributed by atoms with Gasteiger partial charge < -0.3 is 10.3 Å². The third-order valence-corrected chi connectivity index (χ3v) is 4.10. The molecule has 2 heterocycles. The number of alkyl halides is 3. The van der Waals surface area contributed by atoms with Crippen LogP contribution in [0.4, 0.5) is 13.2 Å². The molecule has 0 aromatic carbocycles. The van der Waals surface area contributed by atoms with Gasteiger partial charge in [0.05, 0.1) is 5.92 Å². The van der Waals surface area contributed by atoms with E-state index in [0.29, 0.717) is 37.0 Å². The van der Waals surface area contributed by atoms with Crippen LogP contribution in [0.3, 0.4) is 0 Å². The summed E-state index contributed by atoms with van der Waals surface area (Å²) in [4.78, 5) is 0. The van der Waals surface area contributed by atoms with Gasteiger partial charge in [0.15, 0.2) is 0 Å². The normalized spacial score (nSPS) is 20.6. The molecule has 2 N–H and O–H groups in total. The zero-order chi connectivity index (χ0) is 15.6. The molecule has 2 unspecified atom stereocenters. The second-order valence-electron chi connectivity index (χ2n) is 6.36. The van der Waals surface area contributed by atoms with E-state index in [1.54, 1.807) is 4.57 Å². The Labute approximate surface area is 122 Å². The molecule has 7 heteroatoms. The minimum absolute atomic E-state index is 0.0554. The van der Waals surface area contributed by atoms with E-state index in [1.807, 2.05) is 0 Å². The zero-order valence-electron chi connectivity index (χ0n) is 12.5. The van der Waals surface area contributed by atoms with Crippen molar-refractivity contribution in [3.8, 4) is 0 Å². The van der Waals surface area contributed by atoms with Crippen LogP contribution in [0, 0.1) is 17.8 Å². The maximum Gasteiger partial charge on any atom is 0.393 e. The molecule has 0 bridgehead atoms. The maximum atomic E-state index is 12.9. The maximum absolute atomic E-state index is 12.9. The summed E-state index contributed by atoms with van der Waals surface area (Å²) >= 11 is 0. The number of rotatable bonds is 5. The third kappa shape index (κ3) is 3.96. The molecule has 120 valence electrons. The molecule has 1 aromatic heterocycles. The van der Waals surface area contributed by atoms with Gasteiger partial charge in [-0.15, -0.1) is 10.2 Å². The number of fused-ring (bicyclic) bond motifs is 1. The van der Waals surface area contributed by atoms with Crippen molar-refractivity contribution >= 4 is 0 Å². The number of aryl methyl sites for hydroxylation is 1. The summed E-state index contributed by atoms with van der Waals surface area (Å²) in [7, 11) is 0. The van der Waals surface area contributed by atoms with Crippen LogP contribution in [0.5, 0.6) is 0 Å². The molecule has 0 saturated carbocycles. The van der Waals surface area contributed by atoms with Crippen molar-refractivity contribution in [1.29, 1.82) is 0 Å². The average Bonchev–Trinajstić information content (AvgIpc) is 2.79. The minimum atomic E-state index is -4.15. The lowest BCUT2D eigenvalue weighted by molar-refractivity contribution is -0.182. The van der Waals surface area contributed by atoms with Gasteiger partial charge in [0.2, 0.25) is 0 Å². The van der Waals surface area contributed by atoms with Gasteiger partial charge in [0.1, 0.15) is 11.6 Å². The fourth-order valence-corrected chi connectivity index (χ4v) is 2.99. The second kappa shape index (κ2) is 6.34. The predicted octanol–water partition coefficient (Wildman–Crippen LogP) is 2.57. The Bertz CT molecular complexity index is 467. The quantitative estimate of drug-likeness (QED) is 0.909. The number of hydrogen-bond acceptors (Lipinski definition) is 3. The van der Waals surface area contributed by atoms with Crippen LogP contribution in [0.2, 0.25) is 0 Å². The van der Waals surface area contributed by atoms with E-state index in [9.17, 15) is 13.2 Å². The first-order chi connectivity index (χ1) is 9.81. The summed E-state index contributed by atoms with van der Waals surface area (Å²) < 4.78 is 40.4. The molecule has 1 aromatic rings. The molecule has 4 nitrogen and oxygen atoms in total. The lowest BCUT2D eigenvalue weighted by atomic mass is 9.93. The van der Waals surface area contributed by atoms with Gasteiger partial charge in [-0.3, -0.25) is 0 Å². The Balaban J connectivity index is 2.12. The van der Waals surface area contributed by atoms with Crippen LogP contribution in [0.15, 0.2) is 0 Å². The van der Waals surface area contributed by atoms with Gasteiger partial charge >= 0.3 is 6.18 Å². The Morgan fingerprint density at radius 2 is 2.05 bits per heavy atom. The zero-order valence-corrected chi connectivity index (χ0v) is 12.5. The molecule has 0 fully saturated rings. The van der Waals surface area contributed by atoms with Gasteiger partial charge in [-0.1, -0.05) is 13.8 Å². The first-order valence-corrected chi connectivity index (χ1v) is 7.49. The molecule has 0 saturated heterocycles. The van der Waals surface area contributed by atoms with Gasteiger partial charge in [-0.05, 0) is 31.2 Å². The fraction of sp³-hybridized carbons (Fsp3) is 0.857. The van der Waals surface area contributed by atoms with E-state index < -0.39 is 12.1 Å². The van der Waals surface area contributed by atoms with Crippen molar-refractivity contribution < 1.29 is 13.2 Å². The third-order valence-electron chi connectivity index (χ3n) is 4.10. The van der Waals surface area contributed by atoms with Crippen LogP contribution in [-0.2, 0) is 19.4 Å². The molecule has 0 aliphatic carbocycles. The number of nitrogens with two attached hydrogens (primary N) is 1. The standard InChI is InChI=1S/C14H23F3N4/c1-9(2)5-10(7-18)6-13-20-19-12-4-3-11(8-21(12)13)14(15,16)17/h9-11H,3-8,18H2,1-2H3. The van der Waals surface area contributed by atoms with Gasteiger partial charge in [0.25, 0.3) is 0 Å². The fourth-order valence-electron chi connectivity index (χ4n) is 2.99. The monoisotopic (exact) mass is 304 g/mol. The highest BCUT2D eigenvalue weighted by Gasteiger charge is 2.42. The van der Waals surface area contributed by atoms with Crippen molar-refractivity contribution in [1.82, 2.24) is 14.8 Å². The summed E-state index contributed by atoms with van der Waals surface area (Å²) in [6, 6.07) is 0. The van der Waals surface area contributed by atoms with Crippen molar-refractivity contribution in [2.75, 3.05) is 6.54 Å². The van der Waals surface area contributed by atoms with Crippen molar-refractivity contribution in [2.45, 2.75) is 52.3 Å². The summed E-state index contributed by atoms with van der Waals surface area (Å²) in [5.41, 5.74) is 5.77. The summed E-state index contributed by atoms with van der Waals surface area (Å²) in [5, 5.41) is 8.14. The highest BCUT2D eigenvalue weighted by molar-refractivity contribution is 5.02. The van der Waals surface area contributed by atoms with Crippen LogP contribution in [0.1, 0.15) is 38.3 Å². The van der Waals surface area contributed by atoms with E-state index in [4.69, 9.17) is 5.73 Å². The molecule has 0 radical (unpaired) electrons. The Morgan fingerprint density at radius 3 is 2.62 bits per heavy atom. The molecular weight excluding hydrogens is 281 g/mol. The molecule has 1 aliphatic rings. The van der Waals surface area contributed by atoms with Crippen LogP contribution in [-0.4, -0.2) is 27.5 Å². The Hall–Kier alpha value is -1.11. The lowest BCUT2D eigenvalue weighted by Gasteiger charge is -2.27. The van der Waals surface area contributed by atoms with E-state index >= 15 is 0 Å². The number of halogens is 3. The molecule has 1 aliphatic heterocycles. The summed E-state index contributed by atoms with van der Waals surface area (Å²) in [5.74, 6) is 0.775. The molecule has 2 rings (SSSR count). The molecule has 2 atom stereocenters. The van der Waals surface area contributed by atoms with E-state index in [2.05, 4.69) is 24.0 Å². The van der Waals surface area contributed by atoms with Gasteiger partial charge in [-0.2, -0.15) is 13.2 Å². The van der Waals surface area contributed by atoms with Crippen molar-refractivity contribution in [3.05, 3.63) is 11.6 Å². The molecule has 0 amide bonds. The van der Waals surface area contributed by atoms with Crippen LogP contribution >= 0.6 is 0 Å². The Morgan fingerprint density at radius 1 is 1.33 bits per heavy atom. The van der Waals surface area contributed by atoms with Crippen molar-refractivity contribution in [3.63, 3.8) is 0 Å². The summed E-state index contributed by atoms with van der Waals surface area (Å²) in [6.45, 7) is 4.69. The number of aromatic nitrogens is 3. The van der Waals surface area contributed by atoms with Gasteiger partial charge in [0, 0.05) is 19.4 Å². The van der Waals surface area contributed by atoms with Crippen molar-refractivity contribution in [2.24, 2.45) is 23.5 Å². The largest absolute Gasteiger partial charge is 0.393 e. The number of hydrogen-bond donors (Lipinski definition) is 1. The molecule has 0 spiro atoms. The van der Waals surface area contributed by atoms with Crippen LogP contribution in [0.25, 0.3) is 0 Å². The molecular formula is C14H23F3N4. The minimum Gasteiger partial charge on any atom is -0.330 e. The smallest absolute Gasteiger partial charge is 0.330 e. The van der Waals surface area contributed by atoms with E-state index in [0.717, 1.165) is 6.42 Å². The average molecular weight is 304 g/mol. The topological polar surface area (TPSA) is 56.7 Å². The second-order valence-corrected chi connectivity index (χ2v) is 6.36. The van der Waals surface area contributed by atoms with Gasteiger partial charge in [-0.25, -0.2) is 0 Å². The van der Waals surface area contributed by atoms with E-state index in [1.165, 1.54) is 0 Å². The molecule has 21 heavy (non-hydrogen) atoms. The Kier molecular flexibility index (Phi) is 4.91. The lowest BCUT2D eigenvalue weighted by Crippen LogP contribution is -2.33. The number of nitrogens with zero attached hydrogens (tertiary/aromatic N) is 3. The highest BCUT2D eigenvalue weighted by Crippen LogP contribution is 2.34. The van der Waals surface area contributed by atoms with E-state index in [-0.39, 0.29) is 18.9 Å². The highest BCUT2D eigenvalue weighted by atomic mass is 19.4. The SMILES string of the molecule is CC(C)CC(CN)Cc1nnc2n1CC(C(F)(F)F)CC2.